The Hall–Kier alpha value is -2.12. The van der Waals surface area contributed by atoms with Gasteiger partial charge >= 0.3 is 0 Å². The Morgan fingerprint density at radius 2 is 1.90 bits per heavy atom. The summed E-state index contributed by atoms with van der Waals surface area (Å²) in [6.45, 7) is 0.191. The molecule has 0 amide bonds. The number of nitrogens with zero attached hydrogens (tertiary/aromatic N) is 1. The Balaban J connectivity index is 1.99. The number of hydrogen-bond acceptors (Lipinski definition) is 5. The monoisotopic (exact) mass is 307 g/mol. The van der Waals surface area contributed by atoms with Crippen LogP contribution in [0.3, 0.4) is 0 Å². The molecule has 6 nitrogen and oxygen atoms in total. The quantitative estimate of drug-likeness (QED) is 0.784. The number of benzene rings is 1. The number of hydrogen-bond donors (Lipinski definition) is 2. The van der Waals surface area contributed by atoms with E-state index >= 15 is 0 Å². The van der Waals surface area contributed by atoms with Gasteiger partial charge in [0.05, 0.1) is 12.9 Å². The van der Waals surface area contributed by atoms with Crippen LogP contribution in [0.5, 0.6) is 5.88 Å². The van der Waals surface area contributed by atoms with Crippen LogP contribution in [0.15, 0.2) is 42.6 Å². The van der Waals surface area contributed by atoms with Crippen molar-refractivity contribution in [1.29, 1.82) is 0 Å². The van der Waals surface area contributed by atoms with E-state index in [2.05, 4.69) is 9.71 Å². The van der Waals surface area contributed by atoms with E-state index < -0.39 is 10.0 Å². The zero-order chi connectivity index (χ0) is 15.3. The van der Waals surface area contributed by atoms with Crippen LogP contribution in [0.4, 0.5) is 5.69 Å². The maximum atomic E-state index is 12.0. The number of anilines is 1. The standard InChI is InChI=1S/C14H17N3O3S/c1-20-14-8-12(6-7-16-14)9-17-21(18,19)10-11-2-4-13(15)5-3-11/h2-8,17H,9-10,15H2,1H3. The summed E-state index contributed by atoms with van der Waals surface area (Å²) in [7, 11) is -1.91. The highest BCUT2D eigenvalue weighted by Crippen LogP contribution is 2.11. The number of aromatic nitrogens is 1. The zero-order valence-corrected chi connectivity index (χ0v) is 12.4. The summed E-state index contributed by atoms with van der Waals surface area (Å²) >= 11 is 0. The van der Waals surface area contributed by atoms with Crippen LogP contribution in [0.1, 0.15) is 11.1 Å². The Labute approximate surface area is 124 Å². The van der Waals surface area contributed by atoms with Gasteiger partial charge in [-0.3, -0.25) is 0 Å². The van der Waals surface area contributed by atoms with Crippen molar-refractivity contribution < 1.29 is 13.2 Å². The molecule has 0 spiro atoms. The normalized spacial score (nSPS) is 11.3. The van der Waals surface area contributed by atoms with E-state index in [9.17, 15) is 8.42 Å². The lowest BCUT2D eigenvalue weighted by Gasteiger charge is -2.08. The molecular weight excluding hydrogens is 290 g/mol. The summed E-state index contributed by atoms with van der Waals surface area (Å²) in [5.41, 5.74) is 7.64. The molecule has 0 unspecified atom stereocenters. The molecule has 0 atom stereocenters. The number of pyridine rings is 1. The minimum absolute atomic E-state index is 0.0878. The van der Waals surface area contributed by atoms with E-state index in [1.807, 2.05) is 0 Å². The van der Waals surface area contributed by atoms with E-state index in [0.717, 1.165) is 5.56 Å². The van der Waals surface area contributed by atoms with Crippen LogP contribution >= 0.6 is 0 Å². The molecule has 2 rings (SSSR count). The average molecular weight is 307 g/mol. The molecule has 2 aromatic rings. The van der Waals surface area contributed by atoms with Crippen LogP contribution < -0.4 is 15.2 Å². The highest BCUT2D eigenvalue weighted by molar-refractivity contribution is 7.88. The first-order valence-corrected chi connectivity index (χ1v) is 7.94. The summed E-state index contributed by atoms with van der Waals surface area (Å²) < 4.78 is 31.6. The van der Waals surface area contributed by atoms with Crippen LogP contribution in [0, 0.1) is 0 Å². The predicted molar refractivity (Wildman–Crippen MR) is 81.1 cm³/mol. The fourth-order valence-electron chi connectivity index (χ4n) is 1.75. The molecule has 1 aromatic carbocycles. The number of sulfonamides is 1. The van der Waals surface area contributed by atoms with Crippen molar-refractivity contribution in [3.05, 3.63) is 53.7 Å². The van der Waals surface area contributed by atoms with Crippen LogP contribution in [-0.4, -0.2) is 20.5 Å². The van der Waals surface area contributed by atoms with E-state index in [-0.39, 0.29) is 12.3 Å². The van der Waals surface area contributed by atoms with Gasteiger partial charge in [-0.15, -0.1) is 0 Å². The summed E-state index contributed by atoms with van der Waals surface area (Å²) in [6.07, 6.45) is 1.57. The largest absolute Gasteiger partial charge is 0.481 e. The SMILES string of the molecule is COc1cc(CNS(=O)(=O)Cc2ccc(N)cc2)ccn1. The fourth-order valence-corrected chi connectivity index (χ4v) is 2.87. The Morgan fingerprint density at radius 3 is 2.57 bits per heavy atom. The highest BCUT2D eigenvalue weighted by Gasteiger charge is 2.11. The first kappa shape index (κ1) is 15.3. The van der Waals surface area contributed by atoms with Crippen molar-refractivity contribution in [3.63, 3.8) is 0 Å². The molecular formula is C14H17N3O3S. The molecule has 0 saturated heterocycles. The summed E-state index contributed by atoms with van der Waals surface area (Å²) in [5, 5.41) is 0. The second kappa shape index (κ2) is 6.55. The number of rotatable bonds is 6. The summed E-state index contributed by atoms with van der Waals surface area (Å²) in [6, 6.07) is 10.2. The predicted octanol–water partition coefficient (Wildman–Crippen LogP) is 1.29. The number of nitrogens with two attached hydrogens (primary N) is 1. The van der Waals surface area contributed by atoms with Gasteiger partial charge in [0.25, 0.3) is 0 Å². The first-order valence-electron chi connectivity index (χ1n) is 6.29. The molecule has 112 valence electrons. The van der Waals surface area contributed by atoms with Crippen molar-refractivity contribution in [3.8, 4) is 5.88 Å². The molecule has 1 heterocycles. The van der Waals surface area contributed by atoms with E-state index in [1.165, 1.54) is 7.11 Å². The lowest BCUT2D eigenvalue weighted by molar-refractivity contribution is 0.397. The second-order valence-electron chi connectivity index (χ2n) is 4.53. The molecule has 21 heavy (non-hydrogen) atoms. The average Bonchev–Trinajstić information content (AvgIpc) is 2.48. The van der Waals surface area contributed by atoms with Crippen molar-refractivity contribution in [1.82, 2.24) is 9.71 Å². The van der Waals surface area contributed by atoms with Gasteiger partial charge in [0.2, 0.25) is 15.9 Å². The molecule has 0 saturated carbocycles. The van der Waals surface area contributed by atoms with Gasteiger partial charge in [0.1, 0.15) is 0 Å². The number of ether oxygens (including phenoxy) is 1. The van der Waals surface area contributed by atoms with Gasteiger partial charge in [-0.2, -0.15) is 0 Å². The number of nitrogen functional groups attached to an aromatic ring is 1. The van der Waals surface area contributed by atoms with Gasteiger partial charge in [0, 0.05) is 24.5 Å². The summed E-state index contributed by atoms with van der Waals surface area (Å²) in [5.74, 6) is 0.361. The van der Waals surface area contributed by atoms with E-state index in [1.54, 1.807) is 42.6 Å². The third-order valence-corrected chi connectivity index (χ3v) is 4.14. The van der Waals surface area contributed by atoms with E-state index in [4.69, 9.17) is 10.5 Å². The van der Waals surface area contributed by atoms with Gasteiger partial charge in [-0.05, 0) is 29.3 Å². The molecule has 3 N–H and O–H groups in total. The highest BCUT2D eigenvalue weighted by atomic mass is 32.2. The van der Waals surface area contributed by atoms with Crippen molar-refractivity contribution in [2.24, 2.45) is 0 Å². The molecule has 0 aliphatic heterocycles. The zero-order valence-electron chi connectivity index (χ0n) is 11.6. The van der Waals surface area contributed by atoms with Gasteiger partial charge in [0.15, 0.2) is 0 Å². The Kier molecular flexibility index (Phi) is 4.77. The molecule has 0 bridgehead atoms. The second-order valence-corrected chi connectivity index (χ2v) is 6.34. The maximum absolute atomic E-state index is 12.0. The van der Waals surface area contributed by atoms with Crippen molar-refractivity contribution >= 4 is 15.7 Å². The third kappa shape index (κ3) is 4.73. The van der Waals surface area contributed by atoms with Crippen LogP contribution in [0.25, 0.3) is 0 Å². The molecule has 0 fully saturated rings. The summed E-state index contributed by atoms with van der Waals surface area (Å²) in [4.78, 5) is 3.97. The Morgan fingerprint density at radius 1 is 1.19 bits per heavy atom. The van der Waals surface area contributed by atoms with Gasteiger partial charge < -0.3 is 10.5 Å². The maximum Gasteiger partial charge on any atom is 0.216 e. The van der Waals surface area contributed by atoms with Crippen molar-refractivity contribution in [2.75, 3.05) is 12.8 Å². The van der Waals surface area contributed by atoms with Crippen LogP contribution in [0.2, 0.25) is 0 Å². The van der Waals surface area contributed by atoms with Crippen LogP contribution in [-0.2, 0) is 22.3 Å². The fraction of sp³-hybridized carbons (Fsp3) is 0.214. The Bertz CT molecular complexity index is 700. The number of methoxy groups -OCH3 is 1. The topological polar surface area (TPSA) is 94.3 Å². The smallest absolute Gasteiger partial charge is 0.216 e. The lowest BCUT2D eigenvalue weighted by atomic mass is 10.2. The van der Waals surface area contributed by atoms with Gasteiger partial charge in [-0.1, -0.05) is 12.1 Å². The molecule has 1 aromatic heterocycles. The van der Waals surface area contributed by atoms with Crippen molar-refractivity contribution in [2.45, 2.75) is 12.3 Å². The number of nitrogens with one attached hydrogen (secondary N) is 1. The third-order valence-electron chi connectivity index (χ3n) is 2.84. The minimum Gasteiger partial charge on any atom is -0.481 e. The minimum atomic E-state index is -3.42. The molecule has 7 heteroatoms. The molecule has 0 radical (unpaired) electrons. The van der Waals surface area contributed by atoms with E-state index in [0.29, 0.717) is 17.1 Å². The molecule has 0 aliphatic carbocycles. The first-order chi connectivity index (χ1) is 9.98. The molecule has 0 aliphatic rings. The lowest BCUT2D eigenvalue weighted by Crippen LogP contribution is -2.24. The van der Waals surface area contributed by atoms with Gasteiger partial charge in [-0.25, -0.2) is 18.1 Å².